The number of carboxylic acid groups (broad SMARTS) is 1. The van der Waals surface area contributed by atoms with Crippen LogP contribution in [-0.4, -0.2) is 17.6 Å². The number of carboxylic acids is 1. The van der Waals surface area contributed by atoms with Crippen molar-refractivity contribution in [2.24, 2.45) is 11.7 Å². The van der Waals surface area contributed by atoms with Gasteiger partial charge in [0, 0.05) is 0 Å². The van der Waals surface area contributed by atoms with Crippen LogP contribution >= 0.6 is 0 Å². The van der Waals surface area contributed by atoms with Crippen molar-refractivity contribution in [3.05, 3.63) is 0 Å². The first-order chi connectivity index (χ1) is 8.13. The Morgan fingerprint density at radius 1 is 1.06 bits per heavy atom. The topological polar surface area (TPSA) is 63.3 Å². The molecule has 1 unspecified atom stereocenters. The van der Waals surface area contributed by atoms with E-state index in [9.17, 15) is 4.79 Å². The van der Waals surface area contributed by atoms with Crippen LogP contribution in [0.25, 0.3) is 0 Å². The molecule has 3 heteroatoms. The van der Waals surface area contributed by atoms with Crippen LogP contribution < -0.4 is 5.73 Å². The molecule has 0 aromatic heterocycles. The van der Waals surface area contributed by atoms with E-state index in [0.717, 1.165) is 32.2 Å². The van der Waals surface area contributed by atoms with Crippen molar-refractivity contribution < 1.29 is 9.90 Å². The summed E-state index contributed by atoms with van der Waals surface area (Å²) in [5, 5.41) is 8.60. The number of hydrogen-bond donors (Lipinski definition) is 2. The van der Waals surface area contributed by atoms with Crippen molar-refractivity contribution in [3.63, 3.8) is 0 Å². The molecule has 104 valence electrons. The lowest BCUT2D eigenvalue weighted by Gasteiger charge is -2.06. The molecule has 17 heavy (non-hydrogen) atoms. The average Bonchev–Trinajstić information content (AvgIpc) is 2.31. The average molecular weight is 245 g/mol. The second kappa shape index (κ2) is 15.4. The lowest BCUT2D eigenvalue weighted by molar-refractivity contribution is -0.142. The maximum absolute atomic E-state index is 10.4. The molecule has 0 aliphatic carbocycles. The predicted octanol–water partition coefficient (Wildman–Crippen LogP) is 3.81. The molecule has 3 N–H and O–H groups in total. The fourth-order valence-electron chi connectivity index (χ4n) is 1.52. The van der Waals surface area contributed by atoms with Gasteiger partial charge in [-0.2, -0.15) is 0 Å². The highest BCUT2D eigenvalue weighted by Gasteiger charge is 2.12. The summed E-state index contributed by atoms with van der Waals surface area (Å²) in [6.07, 6.45) is 8.88. The van der Waals surface area contributed by atoms with E-state index in [-0.39, 0.29) is 5.92 Å². The molecule has 0 saturated heterocycles. The summed E-state index contributed by atoms with van der Waals surface area (Å²) >= 11 is 0. The first-order valence-electron chi connectivity index (χ1n) is 7.06. The van der Waals surface area contributed by atoms with Gasteiger partial charge in [-0.05, 0) is 25.8 Å². The Balaban J connectivity index is 0. The van der Waals surface area contributed by atoms with Crippen LogP contribution in [0.15, 0.2) is 0 Å². The van der Waals surface area contributed by atoms with Crippen LogP contribution in [0.1, 0.15) is 72.1 Å². The van der Waals surface area contributed by atoms with Crippen molar-refractivity contribution in [2.45, 2.75) is 72.1 Å². The van der Waals surface area contributed by atoms with E-state index >= 15 is 0 Å². The van der Waals surface area contributed by atoms with E-state index in [0.29, 0.717) is 0 Å². The summed E-state index contributed by atoms with van der Waals surface area (Å²) < 4.78 is 0. The molecule has 0 aromatic rings. The minimum absolute atomic E-state index is 0.111. The van der Waals surface area contributed by atoms with Crippen molar-refractivity contribution in [3.8, 4) is 0 Å². The van der Waals surface area contributed by atoms with Gasteiger partial charge in [-0.3, -0.25) is 4.79 Å². The van der Waals surface area contributed by atoms with Crippen LogP contribution in [0, 0.1) is 5.92 Å². The molecular formula is C14H31NO2. The molecule has 0 aliphatic rings. The predicted molar refractivity (Wildman–Crippen MR) is 74.1 cm³/mol. The number of rotatable bonds is 9. The minimum Gasteiger partial charge on any atom is -0.481 e. The summed E-state index contributed by atoms with van der Waals surface area (Å²) in [5.74, 6) is -0.754. The molecule has 0 aromatic carbocycles. The monoisotopic (exact) mass is 245 g/mol. The minimum atomic E-state index is -0.643. The molecule has 0 amide bonds. The Morgan fingerprint density at radius 3 is 2.00 bits per heavy atom. The Bertz CT molecular complexity index is 156. The van der Waals surface area contributed by atoms with E-state index in [2.05, 4.69) is 13.8 Å². The Morgan fingerprint density at radius 2 is 1.65 bits per heavy atom. The van der Waals surface area contributed by atoms with Gasteiger partial charge in [0.05, 0.1) is 5.92 Å². The molecule has 3 nitrogen and oxygen atoms in total. The number of nitrogens with two attached hydrogens (primary N) is 1. The molecule has 0 fully saturated rings. The van der Waals surface area contributed by atoms with Gasteiger partial charge in [-0.1, -0.05) is 52.9 Å². The summed E-state index contributed by atoms with van der Waals surface area (Å²) in [6, 6.07) is 0. The number of carbonyl (C=O) groups is 1. The highest BCUT2D eigenvalue weighted by molar-refractivity contribution is 5.69. The fourth-order valence-corrected chi connectivity index (χ4v) is 1.52. The lowest BCUT2D eigenvalue weighted by Crippen LogP contribution is -2.11. The van der Waals surface area contributed by atoms with E-state index < -0.39 is 5.97 Å². The van der Waals surface area contributed by atoms with Crippen molar-refractivity contribution in [2.75, 3.05) is 6.54 Å². The third-order valence-electron chi connectivity index (χ3n) is 2.81. The van der Waals surface area contributed by atoms with Crippen LogP contribution in [0.5, 0.6) is 0 Å². The fraction of sp³-hybridized carbons (Fsp3) is 0.929. The third-order valence-corrected chi connectivity index (χ3v) is 2.81. The Kier molecular flexibility index (Phi) is 17.1. The van der Waals surface area contributed by atoms with Gasteiger partial charge >= 0.3 is 5.97 Å². The summed E-state index contributed by atoms with van der Waals surface area (Å²) in [7, 11) is 0. The second-order valence-electron chi connectivity index (χ2n) is 4.43. The quantitative estimate of drug-likeness (QED) is 0.607. The van der Waals surface area contributed by atoms with E-state index in [1.54, 1.807) is 0 Å². The molecule has 0 rings (SSSR count). The molecule has 0 heterocycles. The maximum atomic E-state index is 10.4. The van der Waals surface area contributed by atoms with Gasteiger partial charge in [0.15, 0.2) is 0 Å². The second-order valence-corrected chi connectivity index (χ2v) is 4.43. The number of unbranched alkanes of at least 4 members (excludes halogenated alkanes) is 4. The zero-order chi connectivity index (χ0) is 13.5. The van der Waals surface area contributed by atoms with E-state index in [4.69, 9.17) is 10.8 Å². The summed E-state index contributed by atoms with van der Waals surface area (Å²) in [4.78, 5) is 10.4. The zero-order valence-corrected chi connectivity index (χ0v) is 11.9. The normalized spacial score (nSPS) is 11.5. The highest BCUT2D eigenvalue weighted by atomic mass is 16.4. The smallest absolute Gasteiger partial charge is 0.306 e. The van der Waals surface area contributed by atoms with Crippen molar-refractivity contribution in [1.82, 2.24) is 0 Å². The summed E-state index contributed by atoms with van der Waals surface area (Å²) in [6.45, 7) is 7.07. The van der Waals surface area contributed by atoms with Gasteiger partial charge in [-0.25, -0.2) is 0 Å². The van der Waals surface area contributed by atoms with Crippen LogP contribution in [-0.2, 0) is 4.79 Å². The molecular weight excluding hydrogens is 214 g/mol. The molecule has 0 bridgehead atoms. The van der Waals surface area contributed by atoms with E-state index in [1.165, 1.54) is 25.7 Å². The largest absolute Gasteiger partial charge is 0.481 e. The number of aliphatic carboxylic acids is 1. The van der Waals surface area contributed by atoms with Gasteiger partial charge in [-0.15, -0.1) is 0 Å². The van der Waals surface area contributed by atoms with Gasteiger partial charge < -0.3 is 10.8 Å². The standard InChI is InChI=1S/C8H16O2.C6H15N/c1-3-5-6-7(4-2)8(9)10;1-2-3-4-5-6-7/h7H,3-6H2,1-2H3,(H,9,10);2-7H2,1H3. The Hall–Kier alpha value is -0.570. The lowest BCUT2D eigenvalue weighted by atomic mass is 10.00. The zero-order valence-electron chi connectivity index (χ0n) is 11.9. The number of hydrogen-bond acceptors (Lipinski definition) is 2. The van der Waals surface area contributed by atoms with Crippen molar-refractivity contribution >= 4 is 5.97 Å². The molecule has 0 radical (unpaired) electrons. The summed E-state index contributed by atoms with van der Waals surface area (Å²) in [5.41, 5.74) is 5.27. The van der Waals surface area contributed by atoms with Crippen LogP contribution in [0.4, 0.5) is 0 Å². The maximum Gasteiger partial charge on any atom is 0.306 e. The van der Waals surface area contributed by atoms with Gasteiger partial charge in [0.2, 0.25) is 0 Å². The van der Waals surface area contributed by atoms with E-state index in [1.807, 2.05) is 6.92 Å². The van der Waals surface area contributed by atoms with Gasteiger partial charge in [0.1, 0.15) is 0 Å². The van der Waals surface area contributed by atoms with Crippen molar-refractivity contribution in [1.29, 1.82) is 0 Å². The van der Waals surface area contributed by atoms with Crippen LogP contribution in [0.2, 0.25) is 0 Å². The first kappa shape index (κ1) is 18.8. The molecule has 0 spiro atoms. The Labute approximate surface area is 107 Å². The van der Waals surface area contributed by atoms with Crippen LogP contribution in [0.3, 0.4) is 0 Å². The molecule has 0 saturated carbocycles. The first-order valence-corrected chi connectivity index (χ1v) is 7.06. The molecule has 1 atom stereocenters. The van der Waals surface area contributed by atoms with Gasteiger partial charge in [0.25, 0.3) is 0 Å². The highest BCUT2D eigenvalue weighted by Crippen LogP contribution is 2.11. The third kappa shape index (κ3) is 15.4. The molecule has 0 aliphatic heterocycles. The SMILES string of the molecule is CCCCC(CC)C(=O)O.CCCCCCN.